The van der Waals surface area contributed by atoms with Crippen LogP contribution < -0.4 is 9.80 Å². The fraction of sp³-hybridized carbons (Fsp3) is 0.103. The van der Waals surface area contributed by atoms with E-state index in [4.69, 9.17) is 4.42 Å². The molecule has 11 rings (SSSR count). The molecule has 0 bridgehead atoms. The molecule has 294 valence electrons. The lowest BCUT2D eigenvalue weighted by Crippen LogP contribution is -2.23. The molecule has 0 spiro atoms. The van der Waals surface area contributed by atoms with Crippen molar-refractivity contribution in [3.8, 4) is 44.9 Å². The average Bonchev–Trinajstić information content (AvgIpc) is 3.89. The molecule has 0 atom stereocenters. The van der Waals surface area contributed by atoms with Crippen molar-refractivity contribution < 1.29 is 4.42 Å². The second-order valence-corrected chi connectivity index (χ2v) is 17.4. The van der Waals surface area contributed by atoms with Gasteiger partial charge >= 0.3 is 0 Å². The van der Waals surface area contributed by atoms with Crippen LogP contribution in [0.2, 0.25) is 0 Å². The summed E-state index contributed by atoms with van der Waals surface area (Å²) in [6, 6.07) is 74.2. The summed E-state index contributed by atoms with van der Waals surface area (Å²) < 4.78 is 7.12. The first-order chi connectivity index (χ1) is 29.8. The Morgan fingerprint density at radius 1 is 0.311 bits per heavy atom. The van der Waals surface area contributed by atoms with Gasteiger partial charge < -0.3 is 14.2 Å². The van der Waals surface area contributed by atoms with Gasteiger partial charge in [-0.05, 0) is 118 Å². The number of anilines is 6. The molecule has 0 N–H and O–H groups in total. The molecular formula is C58H46N2O. The second-order valence-electron chi connectivity index (χ2n) is 17.4. The molecule has 2 aliphatic rings. The van der Waals surface area contributed by atoms with Crippen molar-refractivity contribution >= 4 is 34.1 Å². The summed E-state index contributed by atoms with van der Waals surface area (Å²) in [5.41, 5.74) is 18.5. The number of para-hydroxylation sites is 2. The first-order valence-electron chi connectivity index (χ1n) is 21.3. The molecule has 8 aromatic carbocycles. The maximum atomic E-state index is 7.12. The van der Waals surface area contributed by atoms with E-state index in [1.807, 2.05) is 0 Å². The number of hydrogen-bond acceptors (Lipinski definition) is 3. The topological polar surface area (TPSA) is 19.6 Å². The molecular weight excluding hydrogens is 741 g/mol. The van der Waals surface area contributed by atoms with E-state index in [1.165, 1.54) is 55.6 Å². The van der Waals surface area contributed by atoms with Crippen LogP contribution in [-0.2, 0) is 10.8 Å². The fourth-order valence-electron chi connectivity index (χ4n) is 9.96. The van der Waals surface area contributed by atoms with Crippen molar-refractivity contribution in [2.24, 2.45) is 0 Å². The second kappa shape index (κ2) is 14.1. The van der Waals surface area contributed by atoms with Gasteiger partial charge in [0.2, 0.25) is 0 Å². The molecule has 0 saturated heterocycles. The van der Waals surface area contributed by atoms with Crippen molar-refractivity contribution in [1.29, 1.82) is 0 Å². The normalized spacial score (nSPS) is 13.8. The number of hydrogen-bond donors (Lipinski definition) is 0. The molecule has 0 unspecified atom stereocenters. The van der Waals surface area contributed by atoms with E-state index < -0.39 is 0 Å². The van der Waals surface area contributed by atoms with Crippen molar-refractivity contribution in [3.63, 3.8) is 0 Å². The van der Waals surface area contributed by atoms with Crippen LogP contribution in [0.4, 0.5) is 34.1 Å². The molecule has 0 fully saturated rings. The third kappa shape index (κ3) is 5.95. The summed E-state index contributed by atoms with van der Waals surface area (Å²) in [4.78, 5) is 4.73. The van der Waals surface area contributed by atoms with Gasteiger partial charge in [0, 0.05) is 67.2 Å². The van der Waals surface area contributed by atoms with Gasteiger partial charge in [-0.2, -0.15) is 0 Å². The zero-order valence-electron chi connectivity index (χ0n) is 34.9. The summed E-state index contributed by atoms with van der Waals surface area (Å²) in [7, 11) is 0. The van der Waals surface area contributed by atoms with Gasteiger partial charge in [-0.3, -0.25) is 0 Å². The van der Waals surface area contributed by atoms with E-state index in [-0.39, 0.29) is 10.8 Å². The molecule has 0 amide bonds. The maximum Gasteiger partial charge on any atom is 0.139 e. The van der Waals surface area contributed by atoms with Gasteiger partial charge in [0.25, 0.3) is 0 Å². The predicted octanol–water partition coefficient (Wildman–Crippen LogP) is 16.2. The summed E-state index contributed by atoms with van der Waals surface area (Å²) in [6.45, 7) is 9.50. The Morgan fingerprint density at radius 3 is 0.967 bits per heavy atom. The average molecular weight is 787 g/mol. The van der Waals surface area contributed by atoms with E-state index in [0.29, 0.717) is 0 Å². The van der Waals surface area contributed by atoms with Crippen LogP contribution in [-0.4, -0.2) is 0 Å². The molecule has 9 aromatic rings. The Kier molecular flexibility index (Phi) is 8.51. The highest BCUT2D eigenvalue weighted by Gasteiger charge is 2.50. The highest BCUT2D eigenvalue weighted by molar-refractivity contribution is 5.91. The lowest BCUT2D eigenvalue weighted by Gasteiger charge is -2.30. The van der Waals surface area contributed by atoms with Crippen molar-refractivity contribution in [2.45, 2.75) is 38.5 Å². The van der Waals surface area contributed by atoms with E-state index in [1.54, 1.807) is 0 Å². The lowest BCUT2D eigenvalue weighted by atomic mass is 9.74. The van der Waals surface area contributed by atoms with Crippen LogP contribution in [0.15, 0.2) is 211 Å². The van der Waals surface area contributed by atoms with E-state index in [0.717, 1.165) is 45.6 Å². The smallest absolute Gasteiger partial charge is 0.139 e. The number of rotatable bonds is 8. The number of nitrogens with zero attached hydrogens (tertiary/aromatic N) is 2. The maximum absolute atomic E-state index is 7.12. The quantitative estimate of drug-likeness (QED) is 0.153. The minimum Gasteiger partial charge on any atom is -0.455 e. The van der Waals surface area contributed by atoms with Gasteiger partial charge in [0.1, 0.15) is 11.5 Å². The number of fused-ring (bicyclic) bond motifs is 7. The summed E-state index contributed by atoms with van der Waals surface area (Å²) >= 11 is 0. The molecule has 0 saturated carbocycles. The van der Waals surface area contributed by atoms with Gasteiger partial charge in [-0.25, -0.2) is 0 Å². The number of benzene rings is 8. The summed E-state index contributed by atoms with van der Waals surface area (Å²) in [5.74, 6) is 2.00. The van der Waals surface area contributed by atoms with Gasteiger partial charge in [-0.1, -0.05) is 149 Å². The standard InChI is InChI=1S/C58H46N2O/c1-57(2)51-37-47(59(43-21-13-7-14-22-43)45-29-25-41(26-30-45)39-17-9-5-10-18-39)33-35-49(51)55-53(57)54-56(61-55)50-36-34-48(38-52(50)58(54,3)4)60(44-23-15-8-16-24-44)46-31-27-42(28-32-46)40-19-11-6-12-20-40/h5-38H,1-4H3. The zero-order chi connectivity index (χ0) is 41.3. The van der Waals surface area contributed by atoms with E-state index >= 15 is 0 Å². The molecule has 61 heavy (non-hydrogen) atoms. The minimum atomic E-state index is -0.296. The lowest BCUT2D eigenvalue weighted by molar-refractivity contribution is 0.592. The monoisotopic (exact) mass is 786 g/mol. The van der Waals surface area contributed by atoms with Crippen molar-refractivity contribution in [1.82, 2.24) is 0 Å². The fourth-order valence-corrected chi connectivity index (χ4v) is 9.96. The SMILES string of the molecule is CC1(C)c2cc(N(c3ccccc3)c3ccc(-c4ccccc4)cc3)ccc2-c2oc3c(c21)C(C)(C)c1cc(N(c2ccccc2)c2ccc(-c4ccccc4)cc2)ccc1-3. The first-order valence-corrected chi connectivity index (χ1v) is 21.3. The van der Waals surface area contributed by atoms with E-state index in [9.17, 15) is 0 Å². The van der Waals surface area contributed by atoms with Crippen LogP contribution in [0.1, 0.15) is 49.9 Å². The molecule has 3 nitrogen and oxygen atoms in total. The highest BCUT2D eigenvalue weighted by atomic mass is 16.3. The largest absolute Gasteiger partial charge is 0.455 e. The Bertz CT molecular complexity index is 2830. The third-order valence-corrected chi connectivity index (χ3v) is 13.0. The van der Waals surface area contributed by atoms with Crippen LogP contribution >= 0.6 is 0 Å². The van der Waals surface area contributed by atoms with Gasteiger partial charge in [-0.15, -0.1) is 0 Å². The van der Waals surface area contributed by atoms with Crippen molar-refractivity contribution in [2.75, 3.05) is 9.80 Å². The Balaban J connectivity index is 0.968. The molecule has 1 aromatic heterocycles. The number of furan rings is 1. The summed E-state index contributed by atoms with van der Waals surface area (Å²) in [5, 5.41) is 0. The van der Waals surface area contributed by atoms with E-state index in [2.05, 4.69) is 244 Å². The molecule has 0 radical (unpaired) electrons. The van der Waals surface area contributed by atoms with Crippen LogP contribution in [0.5, 0.6) is 0 Å². The Morgan fingerprint density at radius 2 is 0.607 bits per heavy atom. The van der Waals surface area contributed by atoms with Crippen LogP contribution in [0.3, 0.4) is 0 Å². The van der Waals surface area contributed by atoms with Gasteiger partial charge in [0.15, 0.2) is 0 Å². The molecule has 1 heterocycles. The molecule has 2 aliphatic carbocycles. The minimum absolute atomic E-state index is 0.296. The van der Waals surface area contributed by atoms with Gasteiger partial charge in [0.05, 0.1) is 0 Å². The molecule has 0 aliphatic heterocycles. The molecule has 3 heteroatoms. The summed E-state index contributed by atoms with van der Waals surface area (Å²) in [6.07, 6.45) is 0. The first kappa shape index (κ1) is 36.7. The Hall–Kier alpha value is -7.36. The predicted molar refractivity (Wildman–Crippen MR) is 254 cm³/mol. The third-order valence-electron chi connectivity index (χ3n) is 13.0. The Labute approximate surface area is 358 Å². The highest BCUT2D eigenvalue weighted by Crippen LogP contribution is 2.62. The van der Waals surface area contributed by atoms with Crippen LogP contribution in [0.25, 0.3) is 44.9 Å². The zero-order valence-corrected chi connectivity index (χ0v) is 34.9. The van der Waals surface area contributed by atoms with Crippen LogP contribution in [0, 0.1) is 0 Å². The van der Waals surface area contributed by atoms with Crippen molar-refractivity contribution in [3.05, 3.63) is 229 Å².